The summed E-state index contributed by atoms with van der Waals surface area (Å²) in [6.45, 7) is 1.98. The third-order valence-electron chi connectivity index (χ3n) is 4.04. The van der Waals surface area contributed by atoms with Gasteiger partial charge in [-0.3, -0.25) is 4.79 Å². The van der Waals surface area contributed by atoms with E-state index in [2.05, 4.69) is 0 Å². The van der Waals surface area contributed by atoms with Crippen LogP contribution in [-0.2, 0) is 17.9 Å². The average Bonchev–Trinajstić information content (AvgIpc) is 3.15. The molecule has 6 heteroatoms. The maximum absolute atomic E-state index is 14.2. The quantitative estimate of drug-likeness (QED) is 0.573. The van der Waals surface area contributed by atoms with Crippen LogP contribution in [0.2, 0.25) is 5.02 Å². The molecule has 1 heterocycles. The number of ether oxygens (including phenoxy) is 1. The van der Waals surface area contributed by atoms with Gasteiger partial charge in [0, 0.05) is 10.6 Å². The molecule has 1 aromatic heterocycles. The topological polar surface area (TPSA) is 42.7 Å². The molecule has 3 rings (SSSR count). The molecule has 0 atom stereocenters. The molecular weight excluding hydrogens is 369 g/mol. The van der Waals surface area contributed by atoms with Crippen LogP contribution in [0.5, 0.6) is 5.75 Å². The maximum Gasteiger partial charge on any atom is 0.261 e. The van der Waals surface area contributed by atoms with E-state index < -0.39 is 5.82 Å². The standard InChI is InChI=1S/C21H19ClFNO3/c1-15-5-2-6-16(11-15)27-14-21(25)24(12-17-7-4-10-26-17)13-18-19(22)8-3-9-20(18)23/h2-11H,12-14H2,1H3. The predicted octanol–water partition coefficient (Wildman–Crippen LogP) is 4.99. The minimum absolute atomic E-state index is 0.0161. The van der Waals surface area contributed by atoms with E-state index in [9.17, 15) is 9.18 Å². The molecule has 1 amide bonds. The Hall–Kier alpha value is -2.79. The molecule has 0 spiro atoms. The first-order valence-electron chi connectivity index (χ1n) is 8.45. The van der Waals surface area contributed by atoms with Crippen LogP contribution in [0.1, 0.15) is 16.9 Å². The lowest BCUT2D eigenvalue weighted by atomic mass is 10.2. The summed E-state index contributed by atoms with van der Waals surface area (Å²) in [4.78, 5) is 14.2. The normalized spacial score (nSPS) is 10.6. The molecule has 0 unspecified atom stereocenters. The molecule has 3 aromatic rings. The van der Waals surface area contributed by atoms with Crippen molar-refractivity contribution in [3.05, 3.63) is 88.6 Å². The van der Waals surface area contributed by atoms with E-state index in [1.54, 1.807) is 24.3 Å². The first-order valence-corrected chi connectivity index (χ1v) is 8.83. The Labute approximate surface area is 162 Å². The van der Waals surface area contributed by atoms with Crippen molar-refractivity contribution in [3.63, 3.8) is 0 Å². The number of hydrogen-bond donors (Lipinski definition) is 0. The number of amides is 1. The largest absolute Gasteiger partial charge is 0.484 e. The van der Waals surface area contributed by atoms with E-state index in [0.29, 0.717) is 11.5 Å². The predicted molar refractivity (Wildman–Crippen MR) is 101 cm³/mol. The molecule has 0 aliphatic heterocycles. The number of nitrogens with zero attached hydrogens (tertiary/aromatic N) is 1. The lowest BCUT2D eigenvalue weighted by Gasteiger charge is -2.23. The number of aryl methyl sites for hydroxylation is 1. The minimum Gasteiger partial charge on any atom is -0.484 e. The van der Waals surface area contributed by atoms with Gasteiger partial charge < -0.3 is 14.1 Å². The highest BCUT2D eigenvalue weighted by molar-refractivity contribution is 6.31. The third-order valence-corrected chi connectivity index (χ3v) is 4.40. The molecule has 0 N–H and O–H groups in total. The third kappa shape index (κ3) is 5.11. The van der Waals surface area contributed by atoms with Gasteiger partial charge in [-0.05, 0) is 48.9 Å². The van der Waals surface area contributed by atoms with Crippen LogP contribution in [-0.4, -0.2) is 17.4 Å². The maximum atomic E-state index is 14.2. The van der Waals surface area contributed by atoms with Crippen LogP contribution in [0.15, 0.2) is 65.3 Å². The van der Waals surface area contributed by atoms with Gasteiger partial charge >= 0.3 is 0 Å². The van der Waals surface area contributed by atoms with Crippen molar-refractivity contribution in [3.8, 4) is 5.75 Å². The van der Waals surface area contributed by atoms with E-state index in [4.69, 9.17) is 20.8 Å². The summed E-state index contributed by atoms with van der Waals surface area (Å²) in [5.41, 5.74) is 1.29. The van der Waals surface area contributed by atoms with Crippen molar-refractivity contribution in [2.75, 3.05) is 6.61 Å². The summed E-state index contributed by atoms with van der Waals surface area (Å²) in [5, 5.41) is 0.270. The minimum atomic E-state index is -0.459. The summed E-state index contributed by atoms with van der Waals surface area (Å²) in [7, 11) is 0. The lowest BCUT2D eigenvalue weighted by molar-refractivity contribution is -0.134. The second-order valence-corrected chi connectivity index (χ2v) is 6.54. The molecule has 4 nitrogen and oxygen atoms in total. The number of carbonyl (C=O) groups is 1. The first-order chi connectivity index (χ1) is 13.0. The highest BCUT2D eigenvalue weighted by atomic mass is 35.5. The van der Waals surface area contributed by atoms with Gasteiger partial charge in [-0.15, -0.1) is 0 Å². The fraction of sp³-hybridized carbons (Fsp3) is 0.190. The van der Waals surface area contributed by atoms with Gasteiger partial charge in [0.05, 0.1) is 19.4 Å². The van der Waals surface area contributed by atoms with Crippen LogP contribution in [0, 0.1) is 12.7 Å². The van der Waals surface area contributed by atoms with E-state index in [-0.39, 0.29) is 36.2 Å². The number of furan rings is 1. The molecule has 27 heavy (non-hydrogen) atoms. The van der Waals surface area contributed by atoms with Crippen molar-refractivity contribution in [2.24, 2.45) is 0 Å². The second-order valence-electron chi connectivity index (χ2n) is 6.13. The van der Waals surface area contributed by atoms with Crippen molar-refractivity contribution in [1.82, 2.24) is 4.90 Å². The van der Waals surface area contributed by atoms with E-state index in [1.165, 1.54) is 23.3 Å². The van der Waals surface area contributed by atoms with Gasteiger partial charge in [0.1, 0.15) is 17.3 Å². The SMILES string of the molecule is Cc1cccc(OCC(=O)N(Cc2ccco2)Cc2c(F)cccc2Cl)c1. The summed E-state index contributed by atoms with van der Waals surface area (Å²) in [5.74, 6) is 0.433. The summed E-state index contributed by atoms with van der Waals surface area (Å²) in [6, 6.07) is 15.4. The van der Waals surface area contributed by atoms with Crippen LogP contribution in [0.4, 0.5) is 4.39 Å². The smallest absolute Gasteiger partial charge is 0.261 e. The monoisotopic (exact) mass is 387 g/mol. The summed E-state index contributed by atoms with van der Waals surface area (Å²) in [6.07, 6.45) is 1.53. The Bertz CT molecular complexity index is 891. The number of rotatable bonds is 7. The summed E-state index contributed by atoms with van der Waals surface area (Å²) < 4.78 is 25.1. The van der Waals surface area contributed by atoms with E-state index in [1.807, 2.05) is 25.1 Å². The molecule has 0 aliphatic rings. The zero-order chi connectivity index (χ0) is 19.2. The van der Waals surface area contributed by atoms with E-state index >= 15 is 0 Å². The number of carbonyl (C=O) groups excluding carboxylic acids is 1. The molecule has 0 radical (unpaired) electrons. The van der Waals surface area contributed by atoms with Crippen LogP contribution >= 0.6 is 11.6 Å². The van der Waals surface area contributed by atoms with Gasteiger partial charge in [-0.1, -0.05) is 29.8 Å². The highest BCUT2D eigenvalue weighted by Crippen LogP contribution is 2.22. The first kappa shape index (κ1) is 19.0. The van der Waals surface area contributed by atoms with Gasteiger partial charge in [-0.25, -0.2) is 4.39 Å². The lowest BCUT2D eigenvalue weighted by Crippen LogP contribution is -2.34. The van der Waals surface area contributed by atoms with Crippen LogP contribution < -0.4 is 4.74 Å². The molecular formula is C21H19ClFNO3. The molecule has 0 bridgehead atoms. The van der Waals surface area contributed by atoms with Gasteiger partial charge in [-0.2, -0.15) is 0 Å². The molecule has 0 aliphatic carbocycles. The fourth-order valence-corrected chi connectivity index (χ4v) is 2.86. The Morgan fingerprint density at radius 1 is 1.15 bits per heavy atom. The Kier molecular flexibility index (Phi) is 6.14. The van der Waals surface area contributed by atoms with Crippen molar-refractivity contribution < 1.29 is 18.3 Å². The number of benzene rings is 2. The van der Waals surface area contributed by atoms with Crippen molar-refractivity contribution in [1.29, 1.82) is 0 Å². The van der Waals surface area contributed by atoms with Crippen molar-refractivity contribution in [2.45, 2.75) is 20.0 Å². The zero-order valence-electron chi connectivity index (χ0n) is 14.8. The van der Waals surface area contributed by atoms with E-state index in [0.717, 1.165) is 5.56 Å². The van der Waals surface area contributed by atoms with Crippen LogP contribution in [0.25, 0.3) is 0 Å². The van der Waals surface area contributed by atoms with Gasteiger partial charge in [0.2, 0.25) is 0 Å². The zero-order valence-corrected chi connectivity index (χ0v) is 15.6. The number of halogens is 2. The van der Waals surface area contributed by atoms with Crippen molar-refractivity contribution >= 4 is 17.5 Å². The van der Waals surface area contributed by atoms with Crippen LogP contribution in [0.3, 0.4) is 0 Å². The Balaban J connectivity index is 1.75. The summed E-state index contributed by atoms with van der Waals surface area (Å²) >= 11 is 6.12. The molecule has 0 fully saturated rings. The molecule has 2 aromatic carbocycles. The highest BCUT2D eigenvalue weighted by Gasteiger charge is 2.20. The Morgan fingerprint density at radius 3 is 2.67 bits per heavy atom. The second kappa shape index (κ2) is 8.73. The fourth-order valence-electron chi connectivity index (χ4n) is 2.64. The average molecular weight is 388 g/mol. The molecule has 0 saturated heterocycles. The number of hydrogen-bond acceptors (Lipinski definition) is 3. The molecule has 140 valence electrons. The van der Waals surface area contributed by atoms with Gasteiger partial charge in [0.15, 0.2) is 6.61 Å². The molecule has 0 saturated carbocycles. The Morgan fingerprint density at radius 2 is 1.96 bits per heavy atom. The van der Waals surface area contributed by atoms with Gasteiger partial charge in [0.25, 0.3) is 5.91 Å².